The van der Waals surface area contributed by atoms with Gasteiger partial charge in [0.1, 0.15) is 5.82 Å². The van der Waals surface area contributed by atoms with E-state index in [2.05, 4.69) is 15.0 Å². The number of pyridine rings is 1. The monoisotopic (exact) mass is 292 g/mol. The topological polar surface area (TPSA) is 95.0 Å². The minimum absolute atomic E-state index is 0.0904. The van der Waals surface area contributed by atoms with Crippen molar-refractivity contribution in [3.8, 4) is 0 Å². The first-order chi connectivity index (χ1) is 9.93. The lowest BCUT2D eigenvalue weighted by molar-refractivity contribution is 0.110. The van der Waals surface area contributed by atoms with Crippen LogP contribution in [-0.2, 0) is 0 Å². The number of aryl methyl sites for hydroxylation is 2. The summed E-state index contributed by atoms with van der Waals surface area (Å²) in [6, 6.07) is 1.93. The van der Waals surface area contributed by atoms with Gasteiger partial charge in [-0.1, -0.05) is 5.16 Å². The van der Waals surface area contributed by atoms with Gasteiger partial charge >= 0.3 is 0 Å². The van der Waals surface area contributed by atoms with E-state index in [0.717, 1.165) is 43.0 Å². The van der Waals surface area contributed by atoms with Crippen molar-refractivity contribution in [2.75, 3.05) is 18.0 Å². The Morgan fingerprint density at radius 3 is 2.57 bits per heavy atom. The number of aliphatic hydroxyl groups is 1. The molecule has 0 radical (unpaired) electrons. The first-order valence-electron chi connectivity index (χ1n) is 7.33. The van der Waals surface area contributed by atoms with Gasteiger partial charge in [-0.2, -0.15) is 0 Å². The lowest BCUT2D eigenvalue weighted by Gasteiger charge is -2.35. The van der Waals surface area contributed by atoms with E-state index in [4.69, 9.17) is 10.9 Å². The Morgan fingerprint density at radius 1 is 1.43 bits per heavy atom. The molecule has 0 spiro atoms. The van der Waals surface area contributed by atoms with Gasteiger partial charge in [0.25, 0.3) is 0 Å². The summed E-state index contributed by atoms with van der Waals surface area (Å²) in [7, 11) is 0. The second-order valence-corrected chi connectivity index (χ2v) is 5.83. The van der Waals surface area contributed by atoms with Crippen LogP contribution in [0.1, 0.15) is 36.6 Å². The largest absolute Gasteiger partial charge is 0.409 e. The molecule has 1 aliphatic heterocycles. The van der Waals surface area contributed by atoms with Crippen molar-refractivity contribution in [2.24, 2.45) is 16.8 Å². The van der Waals surface area contributed by atoms with Gasteiger partial charge in [-0.15, -0.1) is 0 Å². The van der Waals surface area contributed by atoms with Crippen LogP contribution in [-0.4, -0.2) is 40.3 Å². The number of aliphatic hydroxyl groups excluding tert-OH is 1. The molecule has 2 rings (SSSR count). The predicted molar refractivity (Wildman–Crippen MR) is 82.8 cm³/mol. The Hall–Kier alpha value is -1.82. The Bertz CT molecular complexity index is 535. The molecule has 0 aliphatic carbocycles. The molecule has 116 valence electrons. The number of anilines is 1. The van der Waals surface area contributed by atoms with E-state index in [-0.39, 0.29) is 11.9 Å². The van der Waals surface area contributed by atoms with Crippen LogP contribution in [0.15, 0.2) is 11.2 Å². The van der Waals surface area contributed by atoms with E-state index in [9.17, 15) is 5.11 Å². The van der Waals surface area contributed by atoms with E-state index in [0.29, 0.717) is 11.5 Å². The van der Waals surface area contributed by atoms with Crippen LogP contribution in [0.25, 0.3) is 0 Å². The summed E-state index contributed by atoms with van der Waals surface area (Å²) in [5.41, 5.74) is 8.38. The summed E-state index contributed by atoms with van der Waals surface area (Å²) >= 11 is 0. The van der Waals surface area contributed by atoms with Crippen molar-refractivity contribution in [2.45, 2.75) is 39.7 Å². The molecule has 2 heterocycles. The number of nitrogens with zero attached hydrogens (tertiary/aromatic N) is 3. The summed E-state index contributed by atoms with van der Waals surface area (Å²) in [4.78, 5) is 6.75. The molecule has 1 aliphatic rings. The predicted octanol–water partition coefficient (Wildman–Crippen LogP) is 1.39. The normalized spacial score (nSPS) is 18.9. The molecule has 6 heteroatoms. The Morgan fingerprint density at radius 2 is 2.05 bits per heavy atom. The third kappa shape index (κ3) is 3.26. The molecule has 0 bridgehead atoms. The summed E-state index contributed by atoms with van der Waals surface area (Å²) in [5.74, 6) is 1.19. The molecular weight excluding hydrogens is 268 g/mol. The molecule has 1 unspecified atom stereocenters. The van der Waals surface area contributed by atoms with E-state index in [1.165, 1.54) is 0 Å². The van der Waals surface area contributed by atoms with Gasteiger partial charge in [-0.25, -0.2) is 4.98 Å². The quantitative estimate of drug-likeness (QED) is 0.339. The van der Waals surface area contributed by atoms with Crippen LogP contribution in [0.2, 0.25) is 0 Å². The SMILES string of the molecule is Cc1cc(C)c(/C(N)=N/O)c(N2CCC(C(C)O)CC2)n1. The number of hydrogen-bond donors (Lipinski definition) is 3. The Labute approximate surface area is 125 Å². The molecule has 1 atom stereocenters. The molecule has 4 N–H and O–H groups in total. The fraction of sp³-hybridized carbons (Fsp3) is 0.600. The number of oxime groups is 1. The van der Waals surface area contributed by atoms with Gasteiger partial charge in [0.15, 0.2) is 5.84 Å². The van der Waals surface area contributed by atoms with Gasteiger partial charge in [0, 0.05) is 18.8 Å². The minimum Gasteiger partial charge on any atom is -0.409 e. The van der Waals surface area contributed by atoms with Crippen LogP contribution >= 0.6 is 0 Å². The van der Waals surface area contributed by atoms with Gasteiger partial charge in [0.2, 0.25) is 0 Å². The standard InChI is InChI=1S/C15H24N4O2/c1-9-8-10(2)17-15(13(9)14(16)18-21)19-6-4-12(5-7-19)11(3)20/h8,11-12,20-21H,4-7H2,1-3H3,(H2,16,18). The van der Waals surface area contributed by atoms with Crippen LogP contribution in [0, 0.1) is 19.8 Å². The van der Waals surface area contributed by atoms with E-state index >= 15 is 0 Å². The average Bonchev–Trinajstić information content (AvgIpc) is 2.45. The third-order valence-corrected chi connectivity index (χ3v) is 4.21. The second kappa shape index (κ2) is 6.30. The second-order valence-electron chi connectivity index (χ2n) is 5.83. The van der Waals surface area contributed by atoms with Crippen molar-refractivity contribution in [3.63, 3.8) is 0 Å². The lowest BCUT2D eigenvalue weighted by Crippen LogP contribution is -2.39. The number of rotatable bonds is 3. The lowest BCUT2D eigenvalue weighted by atomic mass is 9.92. The van der Waals surface area contributed by atoms with Crippen LogP contribution in [0.5, 0.6) is 0 Å². The van der Waals surface area contributed by atoms with Crippen molar-refractivity contribution < 1.29 is 10.3 Å². The summed E-state index contributed by atoms with van der Waals surface area (Å²) < 4.78 is 0. The van der Waals surface area contributed by atoms with E-state index in [1.807, 2.05) is 26.8 Å². The number of amidine groups is 1. The number of nitrogens with two attached hydrogens (primary N) is 1. The van der Waals surface area contributed by atoms with Crippen molar-refractivity contribution in [1.29, 1.82) is 0 Å². The van der Waals surface area contributed by atoms with Gasteiger partial charge in [-0.3, -0.25) is 0 Å². The van der Waals surface area contributed by atoms with Gasteiger partial charge < -0.3 is 20.9 Å². The van der Waals surface area contributed by atoms with Crippen LogP contribution in [0.4, 0.5) is 5.82 Å². The zero-order valence-electron chi connectivity index (χ0n) is 12.9. The highest BCUT2D eigenvalue weighted by atomic mass is 16.4. The van der Waals surface area contributed by atoms with Gasteiger partial charge in [0.05, 0.1) is 11.7 Å². The summed E-state index contributed by atoms with van der Waals surface area (Å²) in [6.07, 6.45) is 1.56. The molecule has 0 aromatic carbocycles. The van der Waals surface area contributed by atoms with Gasteiger partial charge in [-0.05, 0) is 51.2 Å². The number of hydrogen-bond acceptors (Lipinski definition) is 5. The highest BCUT2D eigenvalue weighted by Gasteiger charge is 2.26. The van der Waals surface area contributed by atoms with E-state index in [1.54, 1.807) is 0 Å². The molecule has 0 amide bonds. The first-order valence-corrected chi connectivity index (χ1v) is 7.33. The molecule has 1 aromatic rings. The smallest absolute Gasteiger partial charge is 0.174 e. The molecule has 6 nitrogen and oxygen atoms in total. The molecule has 1 saturated heterocycles. The fourth-order valence-electron chi connectivity index (χ4n) is 3.01. The molecule has 1 fully saturated rings. The molecule has 1 aromatic heterocycles. The molecule has 0 saturated carbocycles. The average molecular weight is 292 g/mol. The molecular formula is C15H24N4O2. The van der Waals surface area contributed by atoms with Crippen LogP contribution < -0.4 is 10.6 Å². The highest BCUT2D eigenvalue weighted by Crippen LogP contribution is 2.28. The van der Waals surface area contributed by atoms with E-state index < -0.39 is 0 Å². The maximum absolute atomic E-state index is 9.70. The zero-order chi connectivity index (χ0) is 15.6. The fourth-order valence-corrected chi connectivity index (χ4v) is 3.01. The maximum Gasteiger partial charge on any atom is 0.174 e. The Balaban J connectivity index is 2.32. The van der Waals surface area contributed by atoms with Crippen molar-refractivity contribution >= 4 is 11.7 Å². The highest BCUT2D eigenvalue weighted by molar-refractivity contribution is 6.02. The minimum atomic E-state index is -0.275. The molecule has 21 heavy (non-hydrogen) atoms. The van der Waals surface area contributed by atoms with Crippen molar-refractivity contribution in [3.05, 3.63) is 22.9 Å². The van der Waals surface area contributed by atoms with Crippen LogP contribution in [0.3, 0.4) is 0 Å². The van der Waals surface area contributed by atoms with Crippen molar-refractivity contribution in [1.82, 2.24) is 4.98 Å². The summed E-state index contributed by atoms with van der Waals surface area (Å²) in [5, 5.41) is 21.8. The third-order valence-electron chi connectivity index (χ3n) is 4.21. The maximum atomic E-state index is 9.70. The Kier molecular flexibility index (Phi) is 4.67. The first kappa shape index (κ1) is 15.6. The summed E-state index contributed by atoms with van der Waals surface area (Å²) in [6.45, 7) is 7.36. The number of piperidine rings is 1. The zero-order valence-corrected chi connectivity index (χ0v) is 12.9. The number of aromatic nitrogens is 1.